The van der Waals surface area contributed by atoms with Crippen molar-refractivity contribution in [3.63, 3.8) is 0 Å². The third-order valence-corrected chi connectivity index (χ3v) is 6.07. The first-order chi connectivity index (χ1) is 14.0. The number of Topliss-reactive ketones (excluding diaryl/α,β-unsaturated/α-hetero) is 1. The number of dihydropyridines is 1. The van der Waals surface area contributed by atoms with Crippen LogP contribution in [0.4, 0.5) is 5.69 Å². The van der Waals surface area contributed by atoms with Crippen LogP contribution in [0.25, 0.3) is 0 Å². The van der Waals surface area contributed by atoms with Crippen LogP contribution in [-0.2, 0) is 9.59 Å². The topological polar surface area (TPSA) is 71.1 Å². The lowest BCUT2D eigenvalue weighted by atomic mass is 9.75. The van der Waals surface area contributed by atoms with Gasteiger partial charge in [0, 0.05) is 41.1 Å². The van der Waals surface area contributed by atoms with Crippen molar-refractivity contribution in [3.8, 4) is 0 Å². The van der Waals surface area contributed by atoms with Gasteiger partial charge < -0.3 is 10.6 Å². The summed E-state index contributed by atoms with van der Waals surface area (Å²) in [4.78, 5) is 30.2. The smallest absolute Gasteiger partial charge is 0.254 e. The lowest BCUT2D eigenvalue weighted by Crippen LogP contribution is -2.35. The summed E-state index contributed by atoms with van der Waals surface area (Å²) in [5.41, 5.74) is 3.83. The Hall–Kier alpha value is -2.63. The van der Waals surface area contributed by atoms with Crippen molar-refractivity contribution < 1.29 is 9.59 Å². The van der Waals surface area contributed by atoms with Gasteiger partial charge in [-0.2, -0.15) is 0 Å². The second kappa shape index (κ2) is 8.01. The van der Waals surface area contributed by atoms with Gasteiger partial charge in [-0.1, -0.05) is 35.3 Å². The average molecular weight is 428 g/mol. The molecule has 29 heavy (non-hydrogen) atoms. The Balaban J connectivity index is 1.84. The van der Waals surface area contributed by atoms with E-state index < -0.39 is 5.92 Å². The Morgan fingerprint density at radius 2 is 2.03 bits per heavy atom. The first-order valence-electron chi connectivity index (χ1n) is 9.36. The van der Waals surface area contributed by atoms with Crippen LogP contribution in [-0.4, -0.2) is 16.7 Å². The van der Waals surface area contributed by atoms with Gasteiger partial charge in [-0.15, -0.1) is 0 Å². The van der Waals surface area contributed by atoms with E-state index in [2.05, 4.69) is 15.6 Å². The number of hydrogen-bond acceptors (Lipinski definition) is 4. The van der Waals surface area contributed by atoms with Crippen LogP contribution in [0, 0.1) is 0 Å². The van der Waals surface area contributed by atoms with Gasteiger partial charge in [0.15, 0.2) is 5.78 Å². The zero-order valence-electron chi connectivity index (χ0n) is 15.8. The number of pyridine rings is 1. The summed E-state index contributed by atoms with van der Waals surface area (Å²) in [5, 5.41) is 6.90. The van der Waals surface area contributed by atoms with Crippen LogP contribution in [0.1, 0.15) is 37.7 Å². The Kier molecular flexibility index (Phi) is 5.43. The van der Waals surface area contributed by atoms with Crippen molar-refractivity contribution in [1.29, 1.82) is 0 Å². The van der Waals surface area contributed by atoms with Crippen LogP contribution in [0.3, 0.4) is 0 Å². The van der Waals surface area contributed by atoms with E-state index in [0.717, 1.165) is 18.5 Å². The molecule has 2 heterocycles. The maximum absolute atomic E-state index is 13.3. The zero-order valence-corrected chi connectivity index (χ0v) is 17.3. The third-order valence-electron chi connectivity index (χ3n) is 5.23. The van der Waals surface area contributed by atoms with Crippen molar-refractivity contribution in [3.05, 3.63) is 80.9 Å². The van der Waals surface area contributed by atoms with Gasteiger partial charge in [-0.25, -0.2) is 0 Å². The minimum Gasteiger partial charge on any atom is -0.362 e. The summed E-state index contributed by atoms with van der Waals surface area (Å²) in [6.45, 7) is 1.84. The van der Waals surface area contributed by atoms with E-state index in [4.69, 9.17) is 23.2 Å². The van der Waals surface area contributed by atoms with E-state index in [1.807, 2.05) is 13.0 Å². The van der Waals surface area contributed by atoms with E-state index in [-0.39, 0.29) is 11.7 Å². The molecule has 1 amide bonds. The largest absolute Gasteiger partial charge is 0.362 e. The summed E-state index contributed by atoms with van der Waals surface area (Å²) in [6, 6.07) is 8.80. The highest BCUT2D eigenvalue weighted by atomic mass is 35.5. The van der Waals surface area contributed by atoms with Crippen molar-refractivity contribution in [2.45, 2.75) is 32.1 Å². The van der Waals surface area contributed by atoms with Crippen molar-refractivity contribution in [2.24, 2.45) is 0 Å². The maximum atomic E-state index is 13.3. The standard InChI is InChI=1S/C22H19Cl2N3O2/c1-12-18(22(29)27-13-5-4-10-25-11-13)19(14-6-2-7-15(23)21(14)24)20-16(26-12)8-3-9-17(20)28/h2,4-7,10-11,19,26H,3,8-9H2,1H3,(H,27,29). The highest BCUT2D eigenvalue weighted by Gasteiger charge is 2.39. The minimum atomic E-state index is -0.582. The molecule has 1 aromatic carbocycles. The SMILES string of the molecule is CC1=C(C(=O)Nc2cccnc2)C(c2cccc(Cl)c2Cl)C2=C(CCCC2=O)N1. The van der Waals surface area contributed by atoms with E-state index >= 15 is 0 Å². The molecule has 148 valence electrons. The molecule has 7 heteroatoms. The highest BCUT2D eigenvalue weighted by Crippen LogP contribution is 2.45. The van der Waals surface area contributed by atoms with E-state index in [0.29, 0.717) is 44.6 Å². The van der Waals surface area contributed by atoms with Crippen LogP contribution in [0.2, 0.25) is 10.0 Å². The predicted octanol–water partition coefficient (Wildman–Crippen LogP) is 5.00. The molecule has 2 aliphatic rings. The Bertz CT molecular complexity index is 1060. The molecule has 1 aliphatic heterocycles. The number of allylic oxidation sites excluding steroid dienone is 3. The normalized spacial score (nSPS) is 19.0. The first-order valence-corrected chi connectivity index (χ1v) is 10.1. The van der Waals surface area contributed by atoms with Crippen LogP contribution < -0.4 is 10.6 Å². The molecule has 2 N–H and O–H groups in total. The number of nitrogens with one attached hydrogen (secondary N) is 2. The highest BCUT2D eigenvalue weighted by molar-refractivity contribution is 6.42. The number of ketones is 1. The summed E-state index contributed by atoms with van der Waals surface area (Å²) < 4.78 is 0. The number of hydrogen-bond donors (Lipinski definition) is 2. The fourth-order valence-corrected chi connectivity index (χ4v) is 4.39. The van der Waals surface area contributed by atoms with Crippen LogP contribution >= 0.6 is 23.2 Å². The molecule has 4 rings (SSSR count). The molecule has 0 fully saturated rings. The number of halogens is 2. The van der Waals surface area contributed by atoms with E-state index in [1.165, 1.54) is 0 Å². The molecular weight excluding hydrogens is 409 g/mol. The molecule has 1 atom stereocenters. The lowest BCUT2D eigenvalue weighted by Gasteiger charge is -2.35. The van der Waals surface area contributed by atoms with Crippen LogP contribution in [0.5, 0.6) is 0 Å². The van der Waals surface area contributed by atoms with E-state index in [9.17, 15) is 9.59 Å². The summed E-state index contributed by atoms with van der Waals surface area (Å²) in [6.07, 6.45) is 5.19. The fourth-order valence-electron chi connectivity index (χ4n) is 3.97. The number of carbonyl (C=O) groups excluding carboxylic acids is 2. The molecule has 0 spiro atoms. The molecule has 1 aromatic heterocycles. The van der Waals surface area contributed by atoms with Gasteiger partial charge in [0.05, 0.1) is 21.9 Å². The predicted molar refractivity (Wildman–Crippen MR) is 114 cm³/mol. The molecular formula is C22H19Cl2N3O2. The summed E-state index contributed by atoms with van der Waals surface area (Å²) in [7, 11) is 0. The number of rotatable bonds is 3. The second-order valence-electron chi connectivity index (χ2n) is 7.10. The fraction of sp³-hybridized carbons (Fsp3) is 0.227. The number of amides is 1. The zero-order chi connectivity index (χ0) is 20.5. The van der Waals surface area contributed by atoms with Gasteiger partial charge in [0.1, 0.15) is 0 Å². The number of aromatic nitrogens is 1. The van der Waals surface area contributed by atoms with Gasteiger partial charge in [0.25, 0.3) is 5.91 Å². The maximum Gasteiger partial charge on any atom is 0.254 e. The number of carbonyl (C=O) groups is 2. The molecule has 5 nitrogen and oxygen atoms in total. The second-order valence-corrected chi connectivity index (χ2v) is 7.89. The van der Waals surface area contributed by atoms with Crippen molar-refractivity contribution >= 4 is 40.6 Å². The molecule has 1 unspecified atom stereocenters. The third kappa shape index (κ3) is 3.68. The van der Waals surface area contributed by atoms with E-state index in [1.54, 1.807) is 36.7 Å². The molecule has 2 aromatic rings. The summed E-state index contributed by atoms with van der Waals surface area (Å²) >= 11 is 12.8. The van der Waals surface area contributed by atoms with Gasteiger partial charge in [-0.3, -0.25) is 14.6 Å². The Labute approximate surface area is 178 Å². The van der Waals surface area contributed by atoms with Crippen LogP contribution in [0.15, 0.2) is 65.3 Å². The number of nitrogens with zero attached hydrogens (tertiary/aromatic N) is 1. The van der Waals surface area contributed by atoms with Crippen molar-refractivity contribution in [2.75, 3.05) is 5.32 Å². The minimum absolute atomic E-state index is 0.0268. The first kappa shape index (κ1) is 19.7. The molecule has 0 saturated carbocycles. The van der Waals surface area contributed by atoms with Crippen molar-refractivity contribution in [1.82, 2.24) is 10.3 Å². The Morgan fingerprint density at radius 1 is 1.21 bits per heavy atom. The molecule has 0 radical (unpaired) electrons. The van der Waals surface area contributed by atoms with Gasteiger partial charge in [-0.05, 0) is 43.5 Å². The molecule has 0 bridgehead atoms. The lowest BCUT2D eigenvalue weighted by molar-refractivity contribution is -0.116. The molecule has 1 aliphatic carbocycles. The monoisotopic (exact) mass is 427 g/mol. The summed E-state index contributed by atoms with van der Waals surface area (Å²) in [5.74, 6) is -0.866. The van der Waals surface area contributed by atoms with Gasteiger partial charge in [0.2, 0.25) is 0 Å². The Morgan fingerprint density at radius 3 is 2.79 bits per heavy atom. The average Bonchev–Trinajstić information content (AvgIpc) is 2.70. The quantitative estimate of drug-likeness (QED) is 0.722. The van der Waals surface area contributed by atoms with Gasteiger partial charge >= 0.3 is 0 Å². The molecule has 0 saturated heterocycles. The number of benzene rings is 1. The number of anilines is 1.